The van der Waals surface area contributed by atoms with E-state index in [0.29, 0.717) is 4.88 Å². The molecule has 0 atom stereocenters. The molecule has 0 saturated heterocycles. The van der Waals surface area contributed by atoms with E-state index in [4.69, 9.17) is 4.74 Å². The van der Waals surface area contributed by atoms with Crippen LogP contribution in [0.5, 0.6) is 0 Å². The zero-order chi connectivity index (χ0) is 16.8. The van der Waals surface area contributed by atoms with Gasteiger partial charge < -0.3 is 10.1 Å². The molecule has 2 rings (SSSR count). The fraction of sp³-hybridized carbons (Fsp3) is 0.294. The lowest BCUT2D eigenvalue weighted by molar-refractivity contribution is -0.119. The van der Waals surface area contributed by atoms with Crippen molar-refractivity contribution < 1.29 is 14.3 Å². The van der Waals surface area contributed by atoms with E-state index in [-0.39, 0.29) is 12.5 Å². The number of carbonyl (C=O) groups is 2. The average molecular weight is 349 g/mol. The van der Waals surface area contributed by atoms with Gasteiger partial charge in [-0.05, 0) is 43.4 Å². The Hall–Kier alpha value is -1.79. The van der Waals surface area contributed by atoms with E-state index in [9.17, 15) is 9.59 Å². The second kappa shape index (κ2) is 8.17. The van der Waals surface area contributed by atoms with Crippen molar-refractivity contribution in [1.82, 2.24) is 0 Å². The highest BCUT2D eigenvalue weighted by molar-refractivity contribution is 7.98. The predicted octanol–water partition coefficient (Wildman–Crippen LogP) is 4.14. The highest BCUT2D eigenvalue weighted by Crippen LogP contribution is 2.25. The maximum absolute atomic E-state index is 12.0. The molecule has 1 N–H and O–H groups in total. The minimum Gasteiger partial charge on any atom is -0.451 e. The third-order valence-electron chi connectivity index (χ3n) is 3.32. The summed E-state index contributed by atoms with van der Waals surface area (Å²) in [7, 11) is 0. The molecular weight excluding hydrogens is 330 g/mol. The van der Waals surface area contributed by atoms with Gasteiger partial charge in [0.25, 0.3) is 5.91 Å². The Bertz CT molecular complexity index is 710. The first-order valence-corrected chi connectivity index (χ1v) is 9.28. The monoisotopic (exact) mass is 349 g/mol. The van der Waals surface area contributed by atoms with Gasteiger partial charge in [-0.1, -0.05) is 19.1 Å². The molecule has 122 valence electrons. The summed E-state index contributed by atoms with van der Waals surface area (Å²) in [5.74, 6) is -0.796. The van der Waals surface area contributed by atoms with Crippen molar-refractivity contribution >= 4 is 40.7 Å². The van der Waals surface area contributed by atoms with E-state index in [0.717, 1.165) is 27.4 Å². The summed E-state index contributed by atoms with van der Waals surface area (Å²) in [6.07, 6.45) is 2.82. The number of para-hydroxylation sites is 1. The van der Waals surface area contributed by atoms with Crippen LogP contribution in [0.15, 0.2) is 35.2 Å². The molecular formula is C17H19NO3S2. The molecule has 4 nitrogen and oxygen atoms in total. The maximum Gasteiger partial charge on any atom is 0.348 e. The second-order valence-electron chi connectivity index (χ2n) is 4.87. The second-order valence-corrected chi connectivity index (χ2v) is 6.97. The summed E-state index contributed by atoms with van der Waals surface area (Å²) >= 11 is 2.94. The summed E-state index contributed by atoms with van der Waals surface area (Å²) in [5, 5.41) is 2.76. The van der Waals surface area contributed by atoms with Crippen LogP contribution in [0.4, 0.5) is 5.69 Å². The number of rotatable bonds is 6. The number of hydrogen-bond acceptors (Lipinski definition) is 5. The van der Waals surface area contributed by atoms with Gasteiger partial charge in [-0.3, -0.25) is 4.79 Å². The Labute approximate surface area is 144 Å². The first-order valence-electron chi connectivity index (χ1n) is 7.24. The van der Waals surface area contributed by atoms with Crippen molar-refractivity contribution in [3.05, 3.63) is 45.6 Å². The lowest BCUT2D eigenvalue weighted by Crippen LogP contribution is -2.20. The fourth-order valence-electron chi connectivity index (χ4n) is 2.11. The van der Waals surface area contributed by atoms with Gasteiger partial charge in [-0.2, -0.15) is 0 Å². The number of aryl methyl sites for hydroxylation is 2. The van der Waals surface area contributed by atoms with E-state index in [1.165, 1.54) is 11.3 Å². The summed E-state index contributed by atoms with van der Waals surface area (Å²) in [4.78, 5) is 26.6. The van der Waals surface area contributed by atoms with E-state index in [1.807, 2.05) is 50.4 Å². The predicted molar refractivity (Wildman–Crippen MR) is 95.6 cm³/mol. The van der Waals surface area contributed by atoms with Gasteiger partial charge >= 0.3 is 5.97 Å². The molecule has 1 heterocycles. The number of hydrogen-bond donors (Lipinski definition) is 1. The number of esters is 1. The van der Waals surface area contributed by atoms with Crippen molar-refractivity contribution in [3.8, 4) is 0 Å². The zero-order valence-corrected chi connectivity index (χ0v) is 15.0. The largest absolute Gasteiger partial charge is 0.451 e. The molecule has 0 bridgehead atoms. The van der Waals surface area contributed by atoms with E-state index < -0.39 is 5.97 Å². The van der Waals surface area contributed by atoms with Crippen molar-refractivity contribution in [2.75, 3.05) is 18.2 Å². The van der Waals surface area contributed by atoms with Crippen molar-refractivity contribution in [2.24, 2.45) is 0 Å². The van der Waals surface area contributed by atoms with E-state index in [1.54, 1.807) is 11.8 Å². The number of benzene rings is 1. The molecule has 0 aliphatic rings. The van der Waals surface area contributed by atoms with Crippen molar-refractivity contribution in [3.63, 3.8) is 0 Å². The lowest BCUT2D eigenvalue weighted by atomic mass is 10.2. The summed E-state index contributed by atoms with van der Waals surface area (Å²) in [6.45, 7) is 3.73. The Morgan fingerprint density at radius 1 is 1.30 bits per heavy atom. The molecule has 0 saturated carbocycles. The Balaban J connectivity index is 1.92. The molecule has 1 aromatic heterocycles. The van der Waals surface area contributed by atoms with Gasteiger partial charge in [0.2, 0.25) is 0 Å². The standard InChI is InChI=1S/C17H19NO3S2/c1-4-12-9-15(23-11(12)2)17(20)21-10-16(19)18-13-7-5-6-8-14(13)22-3/h5-9H,4,10H2,1-3H3,(H,18,19). The van der Waals surface area contributed by atoms with E-state index in [2.05, 4.69) is 5.32 Å². The minimum atomic E-state index is -0.453. The van der Waals surface area contributed by atoms with Gasteiger partial charge in [0, 0.05) is 9.77 Å². The molecule has 2 aromatic rings. The number of anilines is 1. The summed E-state index contributed by atoms with van der Waals surface area (Å²) in [6, 6.07) is 9.34. The van der Waals surface area contributed by atoms with Crippen molar-refractivity contribution in [2.45, 2.75) is 25.2 Å². The fourth-order valence-corrected chi connectivity index (χ4v) is 3.67. The third-order valence-corrected chi connectivity index (χ3v) is 5.19. The first kappa shape index (κ1) is 17.6. The molecule has 1 amide bonds. The van der Waals surface area contributed by atoms with Gasteiger partial charge in [0.1, 0.15) is 4.88 Å². The Morgan fingerprint density at radius 2 is 2.04 bits per heavy atom. The molecule has 0 aliphatic carbocycles. The molecule has 0 fully saturated rings. The smallest absolute Gasteiger partial charge is 0.348 e. The Kier molecular flexibility index (Phi) is 6.24. The molecule has 23 heavy (non-hydrogen) atoms. The number of thioether (sulfide) groups is 1. The van der Waals surface area contributed by atoms with Crippen LogP contribution in [-0.4, -0.2) is 24.7 Å². The number of nitrogens with one attached hydrogen (secondary N) is 1. The molecule has 6 heteroatoms. The van der Waals surface area contributed by atoms with Crippen LogP contribution in [0.1, 0.15) is 27.0 Å². The summed E-state index contributed by atoms with van der Waals surface area (Å²) in [5.41, 5.74) is 1.86. The third kappa shape index (κ3) is 4.59. The Morgan fingerprint density at radius 3 is 2.70 bits per heavy atom. The van der Waals surface area contributed by atoms with Crippen LogP contribution in [0.25, 0.3) is 0 Å². The topological polar surface area (TPSA) is 55.4 Å². The quantitative estimate of drug-likeness (QED) is 0.629. The molecule has 0 aliphatic heterocycles. The minimum absolute atomic E-state index is 0.292. The molecule has 0 unspecified atom stereocenters. The highest BCUT2D eigenvalue weighted by atomic mass is 32.2. The van der Waals surface area contributed by atoms with E-state index >= 15 is 0 Å². The normalized spacial score (nSPS) is 10.4. The maximum atomic E-state index is 12.0. The molecule has 0 spiro atoms. The van der Waals surface area contributed by atoms with Gasteiger partial charge in [0.15, 0.2) is 6.61 Å². The SMILES string of the molecule is CCc1cc(C(=O)OCC(=O)Nc2ccccc2SC)sc1C. The highest BCUT2D eigenvalue weighted by Gasteiger charge is 2.15. The van der Waals surface area contributed by atoms with Gasteiger partial charge in [-0.15, -0.1) is 23.1 Å². The van der Waals surface area contributed by atoms with Crippen molar-refractivity contribution in [1.29, 1.82) is 0 Å². The average Bonchev–Trinajstić information content (AvgIpc) is 2.94. The number of carbonyl (C=O) groups excluding carboxylic acids is 2. The number of thiophene rings is 1. The van der Waals surface area contributed by atoms with Crippen LogP contribution in [-0.2, 0) is 16.0 Å². The number of ether oxygens (including phenoxy) is 1. The van der Waals surface area contributed by atoms with Crippen LogP contribution >= 0.6 is 23.1 Å². The van der Waals surface area contributed by atoms with Gasteiger partial charge in [-0.25, -0.2) is 4.79 Å². The number of amides is 1. The molecule has 1 aromatic carbocycles. The van der Waals surface area contributed by atoms with Crippen LogP contribution in [0.3, 0.4) is 0 Å². The summed E-state index contributed by atoms with van der Waals surface area (Å²) < 4.78 is 5.10. The van der Waals surface area contributed by atoms with Crippen LogP contribution in [0, 0.1) is 6.92 Å². The molecule has 0 radical (unpaired) electrons. The lowest BCUT2D eigenvalue weighted by Gasteiger charge is -2.09. The zero-order valence-electron chi connectivity index (χ0n) is 13.3. The first-order chi connectivity index (χ1) is 11.0. The van der Waals surface area contributed by atoms with Gasteiger partial charge in [0.05, 0.1) is 5.69 Å². The van der Waals surface area contributed by atoms with Crippen LogP contribution < -0.4 is 5.32 Å². The van der Waals surface area contributed by atoms with Crippen LogP contribution in [0.2, 0.25) is 0 Å².